The standard InChI is InChI=1S/C6H14O3/c1-5(8-3)4-6(2)9-7/h5-7H,4H2,1-3H3. The zero-order valence-corrected chi connectivity index (χ0v) is 6.13. The van der Waals surface area contributed by atoms with E-state index in [4.69, 9.17) is 9.99 Å². The van der Waals surface area contributed by atoms with E-state index < -0.39 is 0 Å². The second kappa shape index (κ2) is 4.73. The first-order valence-corrected chi connectivity index (χ1v) is 3.03. The van der Waals surface area contributed by atoms with Crippen LogP contribution >= 0.6 is 0 Å². The molecule has 0 radical (unpaired) electrons. The van der Waals surface area contributed by atoms with Gasteiger partial charge in [-0.25, -0.2) is 4.89 Å². The molecule has 0 saturated heterocycles. The van der Waals surface area contributed by atoms with Gasteiger partial charge in [0, 0.05) is 13.5 Å². The lowest BCUT2D eigenvalue weighted by Gasteiger charge is -2.12. The van der Waals surface area contributed by atoms with Crippen LogP contribution in [-0.4, -0.2) is 24.6 Å². The van der Waals surface area contributed by atoms with Gasteiger partial charge in [-0.15, -0.1) is 0 Å². The average Bonchev–Trinajstić information content (AvgIpc) is 1.87. The zero-order chi connectivity index (χ0) is 7.28. The van der Waals surface area contributed by atoms with Crippen molar-refractivity contribution in [1.29, 1.82) is 0 Å². The minimum atomic E-state index is -0.139. The van der Waals surface area contributed by atoms with E-state index in [0.717, 1.165) is 0 Å². The molecule has 9 heavy (non-hydrogen) atoms. The van der Waals surface area contributed by atoms with Crippen LogP contribution in [0.15, 0.2) is 0 Å². The Labute approximate surface area is 55.5 Å². The van der Waals surface area contributed by atoms with Crippen molar-refractivity contribution in [2.24, 2.45) is 0 Å². The van der Waals surface area contributed by atoms with Gasteiger partial charge in [-0.05, 0) is 13.8 Å². The maximum Gasteiger partial charge on any atom is 0.0923 e. The van der Waals surface area contributed by atoms with Crippen molar-refractivity contribution in [3.05, 3.63) is 0 Å². The maximum absolute atomic E-state index is 8.12. The number of hydrogen-bond acceptors (Lipinski definition) is 3. The molecule has 0 bridgehead atoms. The first-order chi connectivity index (χ1) is 4.20. The molecule has 0 aromatic rings. The Kier molecular flexibility index (Phi) is 4.67. The SMILES string of the molecule is COC(C)CC(C)OO. The summed E-state index contributed by atoms with van der Waals surface area (Å²) in [4.78, 5) is 4.04. The fourth-order valence-electron chi connectivity index (χ4n) is 0.607. The Morgan fingerprint density at radius 3 is 2.22 bits per heavy atom. The average molecular weight is 134 g/mol. The van der Waals surface area contributed by atoms with Gasteiger partial charge in [0.15, 0.2) is 0 Å². The third kappa shape index (κ3) is 4.39. The van der Waals surface area contributed by atoms with Gasteiger partial charge in [0.2, 0.25) is 0 Å². The second-order valence-electron chi connectivity index (χ2n) is 2.20. The summed E-state index contributed by atoms with van der Waals surface area (Å²) < 4.78 is 4.93. The number of methoxy groups -OCH3 is 1. The van der Waals surface area contributed by atoms with Crippen molar-refractivity contribution in [2.45, 2.75) is 32.5 Å². The van der Waals surface area contributed by atoms with E-state index in [9.17, 15) is 0 Å². The second-order valence-corrected chi connectivity index (χ2v) is 2.20. The molecular weight excluding hydrogens is 120 g/mol. The molecule has 1 N–H and O–H groups in total. The van der Waals surface area contributed by atoms with E-state index in [2.05, 4.69) is 4.89 Å². The largest absolute Gasteiger partial charge is 0.382 e. The predicted molar refractivity (Wildman–Crippen MR) is 34.3 cm³/mol. The molecule has 0 saturated carbocycles. The molecule has 0 rings (SSSR count). The van der Waals surface area contributed by atoms with Crippen LogP contribution in [0, 0.1) is 0 Å². The van der Waals surface area contributed by atoms with Gasteiger partial charge in [-0.1, -0.05) is 0 Å². The van der Waals surface area contributed by atoms with Crippen LogP contribution in [-0.2, 0) is 9.62 Å². The quantitative estimate of drug-likeness (QED) is 0.465. The number of hydrogen-bond donors (Lipinski definition) is 1. The Morgan fingerprint density at radius 2 is 1.89 bits per heavy atom. The van der Waals surface area contributed by atoms with Crippen molar-refractivity contribution in [3.63, 3.8) is 0 Å². The minimum Gasteiger partial charge on any atom is -0.382 e. The van der Waals surface area contributed by atoms with E-state index in [1.807, 2.05) is 6.92 Å². The smallest absolute Gasteiger partial charge is 0.0923 e. The van der Waals surface area contributed by atoms with Crippen LogP contribution < -0.4 is 0 Å². The van der Waals surface area contributed by atoms with Gasteiger partial charge < -0.3 is 4.74 Å². The predicted octanol–water partition coefficient (Wildman–Crippen LogP) is 1.29. The molecule has 3 nitrogen and oxygen atoms in total. The lowest BCUT2D eigenvalue weighted by atomic mass is 10.2. The van der Waals surface area contributed by atoms with Gasteiger partial charge in [0.05, 0.1) is 12.2 Å². The third-order valence-corrected chi connectivity index (χ3v) is 1.25. The van der Waals surface area contributed by atoms with Gasteiger partial charge in [0.1, 0.15) is 0 Å². The Hall–Kier alpha value is -0.120. The highest BCUT2D eigenvalue weighted by molar-refractivity contribution is 4.54. The van der Waals surface area contributed by atoms with Crippen LogP contribution in [0.2, 0.25) is 0 Å². The maximum atomic E-state index is 8.12. The summed E-state index contributed by atoms with van der Waals surface area (Å²) in [6, 6.07) is 0. The first kappa shape index (κ1) is 8.88. The molecule has 2 atom stereocenters. The lowest BCUT2D eigenvalue weighted by molar-refractivity contribution is -0.278. The van der Waals surface area contributed by atoms with Crippen molar-refractivity contribution >= 4 is 0 Å². The van der Waals surface area contributed by atoms with Crippen molar-refractivity contribution < 1.29 is 14.9 Å². The molecule has 3 heteroatoms. The number of rotatable bonds is 4. The Balaban J connectivity index is 3.22. The monoisotopic (exact) mass is 134 g/mol. The van der Waals surface area contributed by atoms with E-state index in [1.165, 1.54) is 0 Å². The molecule has 0 aromatic carbocycles. The summed E-state index contributed by atoms with van der Waals surface area (Å²) >= 11 is 0. The summed E-state index contributed by atoms with van der Waals surface area (Å²) in [5, 5.41) is 8.12. The van der Waals surface area contributed by atoms with E-state index >= 15 is 0 Å². The summed E-state index contributed by atoms with van der Waals surface area (Å²) in [5.74, 6) is 0. The van der Waals surface area contributed by atoms with Gasteiger partial charge >= 0.3 is 0 Å². The minimum absolute atomic E-state index is 0.139. The molecule has 56 valence electrons. The van der Waals surface area contributed by atoms with Gasteiger partial charge in [-0.2, -0.15) is 0 Å². The fourth-order valence-corrected chi connectivity index (χ4v) is 0.607. The summed E-state index contributed by atoms with van der Waals surface area (Å²) in [6.07, 6.45) is 0.722. The molecule has 0 amide bonds. The molecule has 0 aromatic heterocycles. The van der Waals surface area contributed by atoms with Crippen molar-refractivity contribution in [3.8, 4) is 0 Å². The lowest BCUT2D eigenvalue weighted by Crippen LogP contribution is -2.15. The van der Waals surface area contributed by atoms with Crippen LogP contribution in [0.4, 0.5) is 0 Å². The summed E-state index contributed by atoms with van der Waals surface area (Å²) in [6.45, 7) is 3.71. The van der Waals surface area contributed by atoms with E-state index in [1.54, 1.807) is 14.0 Å². The van der Waals surface area contributed by atoms with E-state index in [-0.39, 0.29) is 12.2 Å². The fraction of sp³-hybridized carbons (Fsp3) is 1.00. The van der Waals surface area contributed by atoms with Crippen LogP contribution in [0.3, 0.4) is 0 Å². The van der Waals surface area contributed by atoms with Crippen LogP contribution in [0.25, 0.3) is 0 Å². The first-order valence-electron chi connectivity index (χ1n) is 3.03. The summed E-state index contributed by atoms with van der Waals surface area (Å²) in [5.41, 5.74) is 0. The molecule has 2 unspecified atom stereocenters. The van der Waals surface area contributed by atoms with Crippen LogP contribution in [0.5, 0.6) is 0 Å². The molecule has 0 aliphatic carbocycles. The summed E-state index contributed by atoms with van der Waals surface area (Å²) in [7, 11) is 1.63. The Bertz CT molecular complexity index is 57.3. The van der Waals surface area contributed by atoms with Gasteiger partial charge in [0.25, 0.3) is 0 Å². The van der Waals surface area contributed by atoms with Gasteiger partial charge in [-0.3, -0.25) is 5.26 Å². The Morgan fingerprint density at radius 1 is 1.33 bits per heavy atom. The molecule has 0 aliphatic rings. The topological polar surface area (TPSA) is 38.7 Å². The highest BCUT2D eigenvalue weighted by Gasteiger charge is 2.06. The normalized spacial score (nSPS) is 17.3. The van der Waals surface area contributed by atoms with Crippen molar-refractivity contribution in [1.82, 2.24) is 0 Å². The van der Waals surface area contributed by atoms with Crippen molar-refractivity contribution in [2.75, 3.05) is 7.11 Å². The molecule has 0 heterocycles. The number of ether oxygens (including phenoxy) is 1. The molecule has 0 fully saturated rings. The van der Waals surface area contributed by atoms with E-state index in [0.29, 0.717) is 6.42 Å². The molecular formula is C6H14O3. The zero-order valence-electron chi connectivity index (χ0n) is 6.13. The highest BCUT2D eigenvalue weighted by atomic mass is 17.1. The highest BCUT2D eigenvalue weighted by Crippen LogP contribution is 2.02. The molecule has 0 spiro atoms. The third-order valence-electron chi connectivity index (χ3n) is 1.25. The van der Waals surface area contributed by atoms with Crippen LogP contribution in [0.1, 0.15) is 20.3 Å². The molecule has 0 aliphatic heterocycles.